The molecule has 21 heavy (non-hydrogen) atoms. The Kier molecular flexibility index (Phi) is 4.11. The van der Waals surface area contributed by atoms with Gasteiger partial charge >= 0.3 is 5.97 Å². The third-order valence-electron chi connectivity index (χ3n) is 3.43. The lowest BCUT2D eigenvalue weighted by molar-refractivity contribution is -0.145. The lowest BCUT2D eigenvalue weighted by atomic mass is 9.95. The number of anilines is 2. The fourth-order valence-electron chi connectivity index (χ4n) is 1.86. The van der Waals surface area contributed by atoms with Crippen LogP contribution in [-0.4, -0.2) is 29.5 Å². The van der Waals surface area contributed by atoms with Crippen LogP contribution in [0.25, 0.3) is 0 Å². The maximum absolute atomic E-state index is 12.0. The monoisotopic (exact) mass is 292 g/mol. The molecule has 112 valence electrons. The molecule has 0 aliphatic carbocycles. The standard InChI is InChI=1S/C14H16N2O5/c1-7(8(2)14(19)20)13(18)15-9-3-4-11-10(5-9)16-12(17)6-21-11/h3-5,7-8H,6H2,1-2H3,(H,15,18)(H,16,17)(H,19,20). The van der Waals surface area contributed by atoms with E-state index in [2.05, 4.69) is 10.6 Å². The van der Waals surface area contributed by atoms with Gasteiger partial charge in [0.15, 0.2) is 6.61 Å². The molecule has 2 amide bonds. The Balaban J connectivity index is 2.10. The van der Waals surface area contributed by atoms with Crippen LogP contribution in [0.3, 0.4) is 0 Å². The number of carbonyl (C=O) groups is 3. The zero-order valence-corrected chi connectivity index (χ0v) is 11.7. The summed E-state index contributed by atoms with van der Waals surface area (Å²) in [6, 6.07) is 4.84. The van der Waals surface area contributed by atoms with Gasteiger partial charge in [-0.05, 0) is 18.2 Å². The maximum Gasteiger partial charge on any atom is 0.307 e. The number of carboxylic acids is 1. The highest BCUT2D eigenvalue weighted by Crippen LogP contribution is 2.30. The summed E-state index contributed by atoms with van der Waals surface area (Å²) in [5, 5.41) is 14.2. The van der Waals surface area contributed by atoms with E-state index in [9.17, 15) is 14.4 Å². The van der Waals surface area contributed by atoms with Crippen molar-refractivity contribution in [2.75, 3.05) is 17.2 Å². The first-order valence-corrected chi connectivity index (χ1v) is 6.49. The smallest absolute Gasteiger partial charge is 0.307 e. The first kappa shape index (κ1) is 14.8. The Morgan fingerprint density at radius 2 is 2.05 bits per heavy atom. The zero-order valence-electron chi connectivity index (χ0n) is 11.7. The van der Waals surface area contributed by atoms with Crippen molar-refractivity contribution < 1.29 is 24.2 Å². The molecule has 0 saturated carbocycles. The van der Waals surface area contributed by atoms with Crippen molar-refractivity contribution >= 4 is 29.2 Å². The van der Waals surface area contributed by atoms with E-state index < -0.39 is 23.7 Å². The summed E-state index contributed by atoms with van der Waals surface area (Å²) in [5.74, 6) is -2.62. The minimum Gasteiger partial charge on any atom is -0.482 e. The Hall–Kier alpha value is -2.57. The molecule has 0 radical (unpaired) electrons. The lowest BCUT2D eigenvalue weighted by Crippen LogP contribution is -2.30. The summed E-state index contributed by atoms with van der Waals surface area (Å²) in [6.07, 6.45) is 0. The van der Waals surface area contributed by atoms with Gasteiger partial charge in [0.25, 0.3) is 5.91 Å². The van der Waals surface area contributed by atoms with Crippen molar-refractivity contribution in [3.63, 3.8) is 0 Å². The predicted molar refractivity (Wildman–Crippen MR) is 75.2 cm³/mol. The van der Waals surface area contributed by atoms with Gasteiger partial charge in [-0.15, -0.1) is 0 Å². The van der Waals surface area contributed by atoms with Gasteiger partial charge in [0, 0.05) is 11.6 Å². The number of hydrogen-bond donors (Lipinski definition) is 3. The number of aliphatic carboxylic acids is 1. The minimum absolute atomic E-state index is 0.0358. The molecule has 0 spiro atoms. The molecule has 3 N–H and O–H groups in total. The summed E-state index contributed by atoms with van der Waals surface area (Å²) in [4.78, 5) is 34.1. The molecule has 7 nitrogen and oxygen atoms in total. The molecule has 2 atom stereocenters. The van der Waals surface area contributed by atoms with Crippen LogP contribution in [0.4, 0.5) is 11.4 Å². The Bertz CT molecular complexity index is 599. The second kappa shape index (κ2) is 5.82. The molecule has 1 aliphatic rings. The third kappa shape index (κ3) is 3.31. The average molecular weight is 292 g/mol. The molecule has 2 unspecified atom stereocenters. The second-order valence-corrected chi connectivity index (χ2v) is 4.95. The van der Waals surface area contributed by atoms with E-state index in [0.717, 1.165) is 0 Å². The van der Waals surface area contributed by atoms with Gasteiger partial charge < -0.3 is 20.5 Å². The van der Waals surface area contributed by atoms with Crippen LogP contribution in [0.5, 0.6) is 5.75 Å². The summed E-state index contributed by atoms with van der Waals surface area (Å²) < 4.78 is 5.21. The molecule has 1 aromatic rings. The van der Waals surface area contributed by atoms with Crippen LogP contribution in [0.2, 0.25) is 0 Å². The van der Waals surface area contributed by atoms with Gasteiger partial charge in [0.05, 0.1) is 11.6 Å². The van der Waals surface area contributed by atoms with Crippen LogP contribution in [-0.2, 0) is 14.4 Å². The van der Waals surface area contributed by atoms with Crippen molar-refractivity contribution in [1.29, 1.82) is 0 Å². The zero-order chi connectivity index (χ0) is 15.6. The van der Waals surface area contributed by atoms with Crippen molar-refractivity contribution in [2.24, 2.45) is 11.8 Å². The molecule has 1 aliphatic heterocycles. The number of fused-ring (bicyclic) bond motifs is 1. The SMILES string of the molecule is CC(C(=O)O)C(C)C(=O)Nc1ccc2c(c1)NC(=O)CO2. The molecule has 0 bridgehead atoms. The van der Waals surface area contributed by atoms with Crippen molar-refractivity contribution in [3.05, 3.63) is 18.2 Å². The molecule has 0 saturated heterocycles. The molecule has 1 aromatic carbocycles. The topological polar surface area (TPSA) is 105 Å². The molecule has 7 heteroatoms. The van der Waals surface area contributed by atoms with Gasteiger partial charge in [-0.2, -0.15) is 0 Å². The number of hydrogen-bond acceptors (Lipinski definition) is 4. The average Bonchev–Trinajstić information content (AvgIpc) is 2.45. The Morgan fingerprint density at radius 1 is 1.33 bits per heavy atom. The van der Waals surface area contributed by atoms with Crippen LogP contribution < -0.4 is 15.4 Å². The van der Waals surface area contributed by atoms with Crippen LogP contribution >= 0.6 is 0 Å². The van der Waals surface area contributed by atoms with Crippen molar-refractivity contribution in [2.45, 2.75) is 13.8 Å². The minimum atomic E-state index is -1.02. The third-order valence-corrected chi connectivity index (χ3v) is 3.43. The van der Waals surface area contributed by atoms with Crippen molar-refractivity contribution in [3.8, 4) is 5.75 Å². The predicted octanol–water partition coefficient (Wildman–Crippen LogP) is 1.31. The summed E-state index contributed by atoms with van der Waals surface area (Å²) in [7, 11) is 0. The highest BCUT2D eigenvalue weighted by atomic mass is 16.5. The summed E-state index contributed by atoms with van der Waals surface area (Å²) in [6.45, 7) is 3.00. The van der Waals surface area contributed by atoms with Crippen LogP contribution in [0, 0.1) is 11.8 Å². The number of nitrogens with one attached hydrogen (secondary N) is 2. The largest absolute Gasteiger partial charge is 0.482 e. The first-order chi connectivity index (χ1) is 9.88. The normalized spacial score (nSPS) is 16.0. The van der Waals surface area contributed by atoms with Gasteiger partial charge in [0.1, 0.15) is 5.75 Å². The summed E-state index contributed by atoms with van der Waals surface area (Å²) >= 11 is 0. The fourth-order valence-corrected chi connectivity index (χ4v) is 1.86. The van der Waals surface area contributed by atoms with E-state index in [-0.39, 0.29) is 12.5 Å². The molecular weight excluding hydrogens is 276 g/mol. The van der Waals surface area contributed by atoms with Crippen LogP contribution in [0.15, 0.2) is 18.2 Å². The van der Waals surface area contributed by atoms with Gasteiger partial charge in [-0.25, -0.2) is 0 Å². The van der Waals surface area contributed by atoms with Gasteiger partial charge in [0.2, 0.25) is 5.91 Å². The van der Waals surface area contributed by atoms with Gasteiger partial charge in [-0.1, -0.05) is 13.8 Å². The van der Waals surface area contributed by atoms with E-state index in [1.807, 2.05) is 0 Å². The highest BCUT2D eigenvalue weighted by molar-refractivity contribution is 5.98. The molecule has 1 heterocycles. The molecular formula is C14H16N2O5. The van der Waals surface area contributed by atoms with E-state index in [0.29, 0.717) is 17.1 Å². The van der Waals surface area contributed by atoms with E-state index >= 15 is 0 Å². The molecule has 0 fully saturated rings. The Labute approximate surface area is 121 Å². The number of rotatable bonds is 4. The van der Waals surface area contributed by atoms with E-state index in [1.165, 1.54) is 6.92 Å². The van der Waals surface area contributed by atoms with Gasteiger partial charge in [-0.3, -0.25) is 14.4 Å². The number of ether oxygens (including phenoxy) is 1. The lowest BCUT2D eigenvalue weighted by Gasteiger charge is -2.20. The quantitative estimate of drug-likeness (QED) is 0.776. The number of carboxylic acid groups (broad SMARTS) is 1. The second-order valence-electron chi connectivity index (χ2n) is 4.95. The Morgan fingerprint density at radius 3 is 2.71 bits per heavy atom. The maximum atomic E-state index is 12.0. The number of benzene rings is 1. The summed E-state index contributed by atoms with van der Waals surface area (Å²) in [5.41, 5.74) is 0.942. The van der Waals surface area contributed by atoms with E-state index in [1.54, 1.807) is 25.1 Å². The first-order valence-electron chi connectivity index (χ1n) is 6.49. The van der Waals surface area contributed by atoms with Crippen LogP contribution in [0.1, 0.15) is 13.8 Å². The number of carbonyl (C=O) groups excluding carboxylic acids is 2. The number of amides is 2. The van der Waals surface area contributed by atoms with Crippen molar-refractivity contribution in [1.82, 2.24) is 0 Å². The molecule has 0 aromatic heterocycles. The fraction of sp³-hybridized carbons (Fsp3) is 0.357. The highest BCUT2D eigenvalue weighted by Gasteiger charge is 2.26. The molecule has 2 rings (SSSR count). The van der Waals surface area contributed by atoms with E-state index in [4.69, 9.17) is 9.84 Å².